The predicted octanol–water partition coefficient (Wildman–Crippen LogP) is 4.61. The van der Waals surface area contributed by atoms with Crippen molar-refractivity contribution in [3.63, 3.8) is 0 Å². The van der Waals surface area contributed by atoms with Crippen LogP contribution in [0.1, 0.15) is 39.4 Å². The quantitative estimate of drug-likeness (QED) is 0.228. The number of esters is 1. The van der Waals surface area contributed by atoms with Crippen molar-refractivity contribution in [2.45, 2.75) is 12.3 Å². The first kappa shape index (κ1) is 24.3. The maximum absolute atomic E-state index is 13.4. The van der Waals surface area contributed by atoms with Gasteiger partial charge in [0.15, 0.2) is 17.3 Å². The molecule has 1 unspecified atom stereocenters. The van der Waals surface area contributed by atoms with Crippen molar-refractivity contribution in [1.82, 2.24) is 4.98 Å². The van der Waals surface area contributed by atoms with E-state index in [1.807, 2.05) is 24.3 Å². The van der Waals surface area contributed by atoms with Crippen LogP contribution in [-0.4, -0.2) is 38.1 Å². The van der Waals surface area contributed by atoms with Gasteiger partial charge in [-0.3, -0.25) is 14.4 Å². The van der Waals surface area contributed by atoms with Crippen LogP contribution in [0.25, 0.3) is 17.0 Å². The average Bonchev–Trinajstić information content (AvgIpc) is 3.26. The zero-order valence-electron chi connectivity index (χ0n) is 21.3. The number of H-pyrrole nitrogens is 1. The van der Waals surface area contributed by atoms with Gasteiger partial charge in [0, 0.05) is 28.1 Å². The Morgan fingerprint density at radius 1 is 0.897 bits per heavy atom. The van der Waals surface area contributed by atoms with Crippen LogP contribution in [0.5, 0.6) is 28.7 Å². The molecule has 0 bridgehead atoms. The second-order valence-corrected chi connectivity index (χ2v) is 9.09. The second-order valence-electron chi connectivity index (χ2n) is 9.09. The van der Waals surface area contributed by atoms with E-state index in [0.29, 0.717) is 45.0 Å². The molecule has 0 fully saturated rings. The molecule has 1 atom stereocenters. The number of aromatic nitrogens is 1. The Bertz CT molecular complexity index is 1770. The number of benzene rings is 3. The summed E-state index contributed by atoms with van der Waals surface area (Å²) in [6.45, 7) is 0. The Balaban J connectivity index is 1.48. The van der Waals surface area contributed by atoms with Gasteiger partial charge in [-0.2, -0.15) is 0 Å². The molecule has 6 rings (SSSR count). The van der Waals surface area contributed by atoms with E-state index >= 15 is 0 Å². The number of para-hydroxylation sites is 1. The topological polar surface area (TPSA) is 113 Å². The molecule has 0 saturated carbocycles. The van der Waals surface area contributed by atoms with Crippen molar-refractivity contribution in [3.05, 3.63) is 93.0 Å². The van der Waals surface area contributed by atoms with E-state index in [1.165, 1.54) is 21.3 Å². The van der Waals surface area contributed by atoms with Crippen molar-refractivity contribution in [2.75, 3.05) is 21.3 Å². The normalized spacial score (nSPS) is 16.9. The molecule has 0 aliphatic carbocycles. The van der Waals surface area contributed by atoms with Gasteiger partial charge >= 0.3 is 5.97 Å². The van der Waals surface area contributed by atoms with Gasteiger partial charge in [-0.25, -0.2) is 0 Å². The summed E-state index contributed by atoms with van der Waals surface area (Å²) in [5.41, 5.74) is 2.06. The SMILES string of the molecule is COc1ccc(/C=C2/Oc3c(ccc4c3C(c3cc5ccccc5[nH]c3=O)CC(=O)O4)C2=O)c(OC)c1OC. The number of carbonyl (C=O) groups is 2. The fraction of sp³-hybridized carbons (Fsp3) is 0.167. The molecule has 1 N–H and O–H groups in total. The van der Waals surface area contributed by atoms with Gasteiger partial charge in [-0.1, -0.05) is 18.2 Å². The standard InChI is InChI=1S/C30H23NO8/c1-35-22-10-8-16(27(36-2)29(22)37-3)13-23-26(33)17-9-11-21-25(28(17)39-23)18(14-24(32)38-21)19-12-15-6-4-5-7-20(15)31-30(19)34/h4-13,18H,14H2,1-3H3,(H,31,34)/b23-13+. The van der Waals surface area contributed by atoms with E-state index in [4.69, 9.17) is 23.7 Å². The Kier molecular flexibility index (Phi) is 5.83. The van der Waals surface area contributed by atoms with Gasteiger partial charge in [0.25, 0.3) is 5.56 Å². The highest BCUT2D eigenvalue weighted by molar-refractivity contribution is 6.15. The number of fused-ring (bicyclic) bond motifs is 4. The first-order valence-electron chi connectivity index (χ1n) is 12.2. The third-order valence-corrected chi connectivity index (χ3v) is 6.96. The minimum Gasteiger partial charge on any atom is -0.493 e. The predicted molar refractivity (Wildman–Crippen MR) is 142 cm³/mol. The van der Waals surface area contributed by atoms with Crippen LogP contribution in [-0.2, 0) is 4.79 Å². The Hall–Kier alpha value is -5.05. The lowest BCUT2D eigenvalue weighted by molar-refractivity contribution is -0.135. The van der Waals surface area contributed by atoms with Gasteiger partial charge in [0.05, 0.1) is 33.3 Å². The number of hydrogen-bond acceptors (Lipinski definition) is 8. The Morgan fingerprint density at radius 2 is 1.69 bits per heavy atom. The number of ketones is 1. The number of rotatable bonds is 5. The summed E-state index contributed by atoms with van der Waals surface area (Å²) in [7, 11) is 4.50. The lowest BCUT2D eigenvalue weighted by atomic mass is 9.85. The number of pyridine rings is 1. The van der Waals surface area contributed by atoms with E-state index in [-0.39, 0.29) is 35.0 Å². The number of carbonyl (C=O) groups excluding carboxylic acids is 2. The highest BCUT2D eigenvalue weighted by Gasteiger charge is 2.39. The van der Waals surface area contributed by atoms with Crippen LogP contribution in [0, 0.1) is 0 Å². The van der Waals surface area contributed by atoms with Crippen LogP contribution in [0.3, 0.4) is 0 Å². The monoisotopic (exact) mass is 525 g/mol. The number of aromatic amines is 1. The average molecular weight is 526 g/mol. The summed E-state index contributed by atoms with van der Waals surface area (Å²) in [5.74, 6) is 0.263. The van der Waals surface area contributed by atoms with E-state index in [2.05, 4.69) is 4.98 Å². The van der Waals surface area contributed by atoms with E-state index in [1.54, 1.807) is 36.4 Å². The molecule has 2 aliphatic heterocycles. The zero-order valence-corrected chi connectivity index (χ0v) is 21.3. The Morgan fingerprint density at radius 3 is 2.46 bits per heavy atom. The fourth-order valence-electron chi connectivity index (χ4n) is 5.17. The largest absolute Gasteiger partial charge is 0.493 e. The number of nitrogens with one attached hydrogen (secondary N) is 1. The maximum atomic E-state index is 13.4. The van der Waals surface area contributed by atoms with Crippen LogP contribution >= 0.6 is 0 Å². The first-order valence-corrected chi connectivity index (χ1v) is 12.2. The molecule has 0 amide bonds. The minimum absolute atomic E-state index is 0.0481. The minimum atomic E-state index is -0.674. The molecule has 1 aromatic heterocycles. The number of allylic oxidation sites excluding steroid dienone is 1. The molecular weight excluding hydrogens is 502 g/mol. The lowest BCUT2D eigenvalue weighted by Gasteiger charge is -2.26. The molecule has 0 spiro atoms. The molecule has 2 aliphatic rings. The van der Waals surface area contributed by atoms with Gasteiger partial charge in [0.2, 0.25) is 11.5 Å². The third kappa shape index (κ3) is 3.90. The number of ether oxygens (including phenoxy) is 5. The molecule has 0 radical (unpaired) electrons. The van der Waals surface area contributed by atoms with E-state index in [0.717, 1.165) is 5.39 Å². The highest BCUT2D eigenvalue weighted by Crippen LogP contribution is 2.49. The van der Waals surface area contributed by atoms with Crippen LogP contribution < -0.4 is 29.2 Å². The fourth-order valence-corrected chi connectivity index (χ4v) is 5.17. The summed E-state index contributed by atoms with van der Waals surface area (Å²) >= 11 is 0. The van der Waals surface area contributed by atoms with Crippen molar-refractivity contribution in [1.29, 1.82) is 0 Å². The Labute approximate surface area is 222 Å². The first-order chi connectivity index (χ1) is 18.9. The zero-order chi connectivity index (χ0) is 27.3. The lowest BCUT2D eigenvalue weighted by Crippen LogP contribution is -2.26. The smallest absolute Gasteiger partial charge is 0.312 e. The van der Waals surface area contributed by atoms with Gasteiger partial charge < -0.3 is 28.7 Å². The molecule has 4 aromatic rings. The molecule has 3 aromatic carbocycles. The van der Waals surface area contributed by atoms with Gasteiger partial charge in [0.1, 0.15) is 11.5 Å². The maximum Gasteiger partial charge on any atom is 0.312 e. The van der Waals surface area contributed by atoms with Crippen LogP contribution in [0.15, 0.2) is 65.2 Å². The second kappa shape index (κ2) is 9.36. The summed E-state index contributed by atoms with van der Waals surface area (Å²) < 4.78 is 28.0. The molecule has 9 heteroatoms. The molecule has 39 heavy (non-hydrogen) atoms. The molecule has 3 heterocycles. The summed E-state index contributed by atoms with van der Waals surface area (Å²) in [6, 6.07) is 15.7. The summed E-state index contributed by atoms with van der Waals surface area (Å²) in [6.07, 6.45) is 1.48. The number of hydrogen-bond donors (Lipinski definition) is 1. The van der Waals surface area contributed by atoms with Crippen molar-refractivity contribution in [3.8, 4) is 28.7 Å². The van der Waals surface area contributed by atoms with E-state index in [9.17, 15) is 14.4 Å². The number of methoxy groups -OCH3 is 3. The molecular formula is C30H23NO8. The molecule has 196 valence electrons. The van der Waals surface area contributed by atoms with Gasteiger partial charge in [-0.05, 0) is 47.9 Å². The van der Waals surface area contributed by atoms with E-state index < -0.39 is 11.9 Å². The molecule has 0 saturated heterocycles. The van der Waals surface area contributed by atoms with Crippen molar-refractivity contribution >= 4 is 28.7 Å². The number of Topliss-reactive ketones (excluding diaryl/α,β-unsaturated/α-hetero) is 1. The highest BCUT2D eigenvalue weighted by atomic mass is 16.5. The van der Waals surface area contributed by atoms with Gasteiger partial charge in [-0.15, -0.1) is 0 Å². The van der Waals surface area contributed by atoms with Crippen molar-refractivity contribution in [2.24, 2.45) is 0 Å². The van der Waals surface area contributed by atoms with Crippen LogP contribution in [0.2, 0.25) is 0 Å². The third-order valence-electron chi connectivity index (χ3n) is 6.96. The summed E-state index contributed by atoms with van der Waals surface area (Å²) in [4.78, 5) is 42.0. The summed E-state index contributed by atoms with van der Waals surface area (Å²) in [5, 5.41) is 0.818. The van der Waals surface area contributed by atoms with Crippen molar-refractivity contribution < 1.29 is 33.3 Å². The molecule has 9 nitrogen and oxygen atoms in total. The van der Waals surface area contributed by atoms with Crippen LogP contribution in [0.4, 0.5) is 0 Å².